The summed E-state index contributed by atoms with van der Waals surface area (Å²) in [5, 5.41) is 9.72. The van der Waals surface area contributed by atoms with Crippen LogP contribution >= 0.6 is 11.3 Å². The number of hydrogen-bond acceptors (Lipinski definition) is 5. The first-order valence-electron chi connectivity index (χ1n) is 6.85. The highest BCUT2D eigenvalue weighted by Crippen LogP contribution is 2.10. The summed E-state index contributed by atoms with van der Waals surface area (Å²) in [7, 11) is 0. The van der Waals surface area contributed by atoms with E-state index in [-0.39, 0.29) is 13.0 Å². The number of carbonyl (C=O) groups is 3. The predicted molar refractivity (Wildman–Crippen MR) is 88.2 cm³/mol. The van der Waals surface area contributed by atoms with Crippen LogP contribution in [0.4, 0.5) is 10.8 Å². The van der Waals surface area contributed by atoms with E-state index >= 15 is 0 Å². The van der Waals surface area contributed by atoms with Crippen LogP contribution in [0.5, 0.6) is 0 Å². The van der Waals surface area contributed by atoms with E-state index in [9.17, 15) is 14.4 Å². The molecule has 0 fully saturated rings. The number of carbonyl (C=O) groups excluding carboxylic acids is 3. The standard InChI is InChI=1S/C15H16N4O3S/c1-10-2-4-11(5-3-10)18-13(21)8-12(20)17-9-14(22)19-15-16-6-7-23-15/h2-7H,8-9H2,1H3,(H,17,20)(H,18,21)(H,16,19,22). The topological polar surface area (TPSA) is 100 Å². The van der Waals surface area contributed by atoms with Crippen molar-refractivity contribution in [2.24, 2.45) is 0 Å². The smallest absolute Gasteiger partial charge is 0.245 e. The van der Waals surface area contributed by atoms with Crippen LogP contribution in [0.25, 0.3) is 0 Å². The first kappa shape index (κ1) is 16.6. The largest absolute Gasteiger partial charge is 0.347 e. The van der Waals surface area contributed by atoms with E-state index in [2.05, 4.69) is 20.9 Å². The molecule has 0 radical (unpaired) electrons. The number of aryl methyl sites for hydroxylation is 1. The van der Waals surface area contributed by atoms with Crippen molar-refractivity contribution in [1.82, 2.24) is 10.3 Å². The molecule has 3 N–H and O–H groups in total. The van der Waals surface area contributed by atoms with E-state index in [0.717, 1.165) is 5.56 Å². The van der Waals surface area contributed by atoms with Gasteiger partial charge in [-0.15, -0.1) is 11.3 Å². The SMILES string of the molecule is Cc1ccc(NC(=O)CC(=O)NCC(=O)Nc2nccs2)cc1. The molecule has 1 aromatic carbocycles. The van der Waals surface area contributed by atoms with E-state index in [1.54, 1.807) is 23.7 Å². The normalized spacial score (nSPS) is 9.96. The van der Waals surface area contributed by atoms with Gasteiger partial charge in [0.1, 0.15) is 6.42 Å². The molecule has 0 aliphatic carbocycles. The molecule has 2 rings (SSSR count). The van der Waals surface area contributed by atoms with Gasteiger partial charge in [-0.05, 0) is 19.1 Å². The molecule has 0 spiro atoms. The van der Waals surface area contributed by atoms with Gasteiger partial charge in [0.25, 0.3) is 0 Å². The minimum Gasteiger partial charge on any atom is -0.347 e. The number of amides is 3. The second-order valence-corrected chi connectivity index (χ2v) is 5.65. The van der Waals surface area contributed by atoms with Gasteiger partial charge < -0.3 is 16.0 Å². The molecule has 8 heteroatoms. The van der Waals surface area contributed by atoms with Crippen LogP contribution < -0.4 is 16.0 Å². The predicted octanol–water partition coefficient (Wildman–Crippen LogP) is 1.54. The Hall–Kier alpha value is -2.74. The number of nitrogens with zero attached hydrogens (tertiary/aromatic N) is 1. The zero-order chi connectivity index (χ0) is 16.7. The van der Waals surface area contributed by atoms with Crippen LogP contribution in [0.1, 0.15) is 12.0 Å². The summed E-state index contributed by atoms with van der Waals surface area (Å²) in [6.07, 6.45) is 1.21. The number of aromatic nitrogens is 1. The molecule has 0 aliphatic rings. The second-order valence-electron chi connectivity index (χ2n) is 4.75. The minimum atomic E-state index is -0.524. The molecular weight excluding hydrogens is 316 g/mol. The molecule has 0 aliphatic heterocycles. The highest BCUT2D eigenvalue weighted by atomic mass is 32.1. The summed E-state index contributed by atoms with van der Waals surface area (Å²) in [5.74, 6) is -1.36. The van der Waals surface area contributed by atoms with Crippen LogP contribution in [0.15, 0.2) is 35.8 Å². The molecular formula is C15H16N4O3S. The summed E-state index contributed by atoms with van der Waals surface area (Å²) < 4.78 is 0. The summed E-state index contributed by atoms with van der Waals surface area (Å²) in [5.41, 5.74) is 1.70. The molecule has 7 nitrogen and oxygen atoms in total. The number of rotatable bonds is 6. The van der Waals surface area contributed by atoms with E-state index in [1.807, 2.05) is 19.1 Å². The van der Waals surface area contributed by atoms with Crippen molar-refractivity contribution in [3.05, 3.63) is 41.4 Å². The lowest BCUT2D eigenvalue weighted by atomic mass is 10.2. The third kappa shape index (κ3) is 5.87. The molecule has 23 heavy (non-hydrogen) atoms. The van der Waals surface area contributed by atoms with Crippen molar-refractivity contribution in [2.45, 2.75) is 13.3 Å². The molecule has 0 unspecified atom stereocenters. The fraction of sp³-hybridized carbons (Fsp3) is 0.200. The monoisotopic (exact) mass is 332 g/mol. The van der Waals surface area contributed by atoms with Crippen LogP contribution in [0.3, 0.4) is 0 Å². The van der Waals surface area contributed by atoms with E-state index < -0.39 is 17.7 Å². The number of anilines is 2. The van der Waals surface area contributed by atoms with E-state index in [0.29, 0.717) is 10.8 Å². The average Bonchev–Trinajstić information content (AvgIpc) is 3.00. The number of hydrogen-bond donors (Lipinski definition) is 3. The molecule has 120 valence electrons. The fourth-order valence-corrected chi connectivity index (χ4v) is 2.22. The Kier molecular flexibility index (Phi) is 5.81. The minimum absolute atomic E-state index is 0.212. The lowest BCUT2D eigenvalue weighted by Gasteiger charge is -2.07. The van der Waals surface area contributed by atoms with Gasteiger partial charge in [0, 0.05) is 17.3 Å². The third-order valence-electron chi connectivity index (χ3n) is 2.78. The van der Waals surface area contributed by atoms with Crippen molar-refractivity contribution < 1.29 is 14.4 Å². The van der Waals surface area contributed by atoms with Crippen LogP contribution in [-0.2, 0) is 14.4 Å². The molecule has 0 saturated carbocycles. The van der Waals surface area contributed by atoms with Crippen LogP contribution in [0, 0.1) is 6.92 Å². The molecule has 3 amide bonds. The van der Waals surface area contributed by atoms with Gasteiger partial charge in [-0.3, -0.25) is 14.4 Å². The lowest BCUT2D eigenvalue weighted by molar-refractivity contribution is -0.128. The van der Waals surface area contributed by atoms with Crippen molar-refractivity contribution >= 4 is 39.9 Å². The van der Waals surface area contributed by atoms with Gasteiger partial charge in [0.2, 0.25) is 17.7 Å². The van der Waals surface area contributed by atoms with Crippen LogP contribution in [0.2, 0.25) is 0 Å². The number of thiazole rings is 1. The Labute approximate surface area is 137 Å². The van der Waals surface area contributed by atoms with Gasteiger partial charge in [0.15, 0.2) is 5.13 Å². The number of benzene rings is 1. The first-order chi connectivity index (χ1) is 11.0. The Morgan fingerprint density at radius 3 is 2.43 bits per heavy atom. The van der Waals surface area contributed by atoms with Gasteiger partial charge in [0.05, 0.1) is 6.54 Å². The van der Waals surface area contributed by atoms with Crippen molar-refractivity contribution in [2.75, 3.05) is 17.2 Å². The van der Waals surface area contributed by atoms with Crippen molar-refractivity contribution in [3.63, 3.8) is 0 Å². The summed E-state index contributed by atoms with van der Waals surface area (Å²) in [6, 6.07) is 7.23. The average molecular weight is 332 g/mol. The molecule has 0 bridgehead atoms. The highest BCUT2D eigenvalue weighted by molar-refractivity contribution is 7.13. The van der Waals surface area contributed by atoms with E-state index in [1.165, 1.54) is 11.3 Å². The molecule has 2 aromatic rings. The molecule has 0 atom stereocenters. The Bertz CT molecular complexity index is 683. The van der Waals surface area contributed by atoms with Crippen molar-refractivity contribution in [3.8, 4) is 0 Å². The Balaban J connectivity index is 1.70. The van der Waals surface area contributed by atoms with Gasteiger partial charge in [-0.1, -0.05) is 17.7 Å². The zero-order valence-electron chi connectivity index (χ0n) is 12.5. The zero-order valence-corrected chi connectivity index (χ0v) is 13.3. The number of nitrogens with one attached hydrogen (secondary N) is 3. The summed E-state index contributed by atoms with van der Waals surface area (Å²) in [6.45, 7) is 1.73. The lowest BCUT2D eigenvalue weighted by Crippen LogP contribution is -2.34. The van der Waals surface area contributed by atoms with Crippen molar-refractivity contribution in [1.29, 1.82) is 0 Å². The Morgan fingerprint density at radius 1 is 1.04 bits per heavy atom. The molecule has 1 heterocycles. The van der Waals surface area contributed by atoms with E-state index in [4.69, 9.17) is 0 Å². The maximum atomic E-state index is 11.7. The highest BCUT2D eigenvalue weighted by Gasteiger charge is 2.11. The maximum absolute atomic E-state index is 11.7. The fourth-order valence-electron chi connectivity index (χ4n) is 1.68. The van der Waals surface area contributed by atoms with Gasteiger partial charge in [-0.25, -0.2) is 4.98 Å². The second kappa shape index (κ2) is 8.04. The Morgan fingerprint density at radius 2 is 1.78 bits per heavy atom. The molecule has 0 saturated heterocycles. The quantitative estimate of drug-likeness (QED) is 0.699. The van der Waals surface area contributed by atoms with Gasteiger partial charge in [-0.2, -0.15) is 0 Å². The first-order valence-corrected chi connectivity index (χ1v) is 7.73. The third-order valence-corrected chi connectivity index (χ3v) is 3.47. The maximum Gasteiger partial charge on any atom is 0.245 e. The molecule has 1 aromatic heterocycles. The summed E-state index contributed by atoms with van der Waals surface area (Å²) >= 11 is 1.28. The van der Waals surface area contributed by atoms with Crippen LogP contribution in [-0.4, -0.2) is 29.3 Å². The van der Waals surface area contributed by atoms with Gasteiger partial charge >= 0.3 is 0 Å². The summed E-state index contributed by atoms with van der Waals surface area (Å²) in [4.78, 5) is 38.8.